The highest BCUT2D eigenvalue weighted by Crippen LogP contribution is 2.79. The zero-order valence-electron chi connectivity index (χ0n) is 20.3. The summed E-state index contributed by atoms with van der Waals surface area (Å²) in [5.41, 5.74) is 0. The summed E-state index contributed by atoms with van der Waals surface area (Å²) in [6, 6.07) is 0. The van der Waals surface area contributed by atoms with Gasteiger partial charge in [0.1, 0.15) is 0 Å². The minimum atomic E-state index is -0.521. The highest BCUT2D eigenvalue weighted by Gasteiger charge is 2.72. The van der Waals surface area contributed by atoms with Crippen molar-refractivity contribution in [3.05, 3.63) is 0 Å². The van der Waals surface area contributed by atoms with Crippen molar-refractivity contribution in [2.75, 3.05) is 12.3 Å². The maximum atomic E-state index is 6.61. The lowest BCUT2D eigenvalue weighted by Gasteiger charge is -2.70. The standard InChI is InChI=1S/C23H38O6P2/c1-16-12-20(5)27-17(2,24-16)13-21(6,26-16)30(20)10-9-11-31-22(7)14-18(3)25-19(4,29-22)15-23(31,8)28-18/h9-15H2,1-8H3/t16-,17-,18-,19-,20+,21+,22+,23+/m1/s1. The molecule has 0 spiro atoms. The molecule has 8 atom stereocenters. The van der Waals surface area contributed by atoms with Gasteiger partial charge in [-0.25, -0.2) is 0 Å². The van der Waals surface area contributed by atoms with E-state index in [1.54, 1.807) is 0 Å². The van der Waals surface area contributed by atoms with Gasteiger partial charge in [-0.3, -0.25) is 0 Å². The first-order chi connectivity index (χ1) is 14.0. The molecule has 0 aromatic rings. The third-order valence-electron chi connectivity index (χ3n) is 8.25. The monoisotopic (exact) mass is 472 g/mol. The van der Waals surface area contributed by atoms with E-state index in [1.165, 1.54) is 0 Å². The highest BCUT2D eigenvalue weighted by molar-refractivity contribution is 7.61. The summed E-state index contributed by atoms with van der Waals surface area (Å²) in [6.07, 6.45) is 6.76. The van der Waals surface area contributed by atoms with E-state index in [0.29, 0.717) is 0 Å². The van der Waals surface area contributed by atoms with Crippen LogP contribution in [-0.2, 0) is 28.4 Å². The third kappa shape index (κ3) is 3.05. The number of ether oxygens (including phenoxy) is 6. The van der Waals surface area contributed by atoms with Gasteiger partial charge >= 0.3 is 0 Å². The number of rotatable bonds is 4. The van der Waals surface area contributed by atoms with Crippen molar-refractivity contribution in [2.45, 2.75) is 132 Å². The molecule has 0 unspecified atom stereocenters. The lowest BCUT2D eigenvalue weighted by molar-refractivity contribution is -0.469. The molecule has 0 amide bonds. The maximum Gasteiger partial charge on any atom is 0.173 e. The van der Waals surface area contributed by atoms with Crippen molar-refractivity contribution < 1.29 is 28.4 Å². The van der Waals surface area contributed by atoms with Gasteiger partial charge < -0.3 is 28.4 Å². The minimum Gasteiger partial charge on any atom is -0.339 e. The van der Waals surface area contributed by atoms with Crippen LogP contribution < -0.4 is 0 Å². The molecule has 8 rings (SSSR count). The third-order valence-corrected chi connectivity index (χ3v) is 15.3. The maximum absolute atomic E-state index is 6.61. The van der Waals surface area contributed by atoms with E-state index >= 15 is 0 Å². The van der Waals surface area contributed by atoms with Crippen LogP contribution in [0.4, 0.5) is 0 Å². The van der Waals surface area contributed by atoms with E-state index in [1.807, 2.05) is 0 Å². The van der Waals surface area contributed by atoms with Crippen molar-refractivity contribution in [1.29, 1.82) is 0 Å². The van der Waals surface area contributed by atoms with Crippen LogP contribution in [0.15, 0.2) is 0 Å². The summed E-state index contributed by atoms with van der Waals surface area (Å²) >= 11 is 0. The SMILES string of the molecule is C[C@]12C[C@@]3(C)O[C@](C)(C[C@@](C)(O1)P3CCCP1[C@@]3(C)C[C@]4(C)O[C@@](C)(C[C@@]1(C)O4)O3)O2. The first-order valence-electron chi connectivity index (χ1n) is 11.8. The molecule has 0 radical (unpaired) electrons. The van der Waals surface area contributed by atoms with Crippen LogP contribution in [-0.4, -0.2) is 56.8 Å². The van der Waals surface area contributed by atoms with Gasteiger partial charge in [-0.2, -0.15) is 0 Å². The first kappa shape index (κ1) is 22.1. The topological polar surface area (TPSA) is 55.4 Å². The van der Waals surface area contributed by atoms with Crippen LogP contribution in [0.25, 0.3) is 0 Å². The number of hydrogen-bond donors (Lipinski definition) is 0. The summed E-state index contributed by atoms with van der Waals surface area (Å²) in [5.74, 6) is -2.08. The first-order valence-corrected chi connectivity index (χ1v) is 14.9. The van der Waals surface area contributed by atoms with E-state index in [2.05, 4.69) is 55.4 Å². The molecule has 0 aromatic carbocycles. The lowest BCUT2D eigenvalue weighted by atomic mass is 9.98. The second-order valence-corrected chi connectivity index (χ2v) is 18.6. The Bertz CT molecular complexity index is 679. The molecular weight excluding hydrogens is 434 g/mol. The Morgan fingerprint density at radius 1 is 0.452 bits per heavy atom. The van der Waals surface area contributed by atoms with Crippen molar-refractivity contribution in [1.82, 2.24) is 0 Å². The molecule has 8 heteroatoms. The minimum absolute atomic E-state index is 0.144. The van der Waals surface area contributed by atoms with Gasteiger partial charge in [0.05, 0.1) is 21.4 Å². The average Bonchev–Trinajstić information content (AvgIpc) is 2.43. The zero-order chi connectivity index (χ0) is 22.3. The Labute approximate surface area is 188 Å². The van der Waals surface area contributed by atoms with Crippen LogP contribution in [0, 0.1) is 0 Å². The molecule has 176 valence electrons. The van der Waals surface area contributed by atoms with Gasteiger partial charge in [0.25, 0.3) is 0 Å². The largest absolute Gasteiger partial charge is 0.339 e. The highest BCUT2D eigenvalue weighted by atomic mass is 31.1. The predicted octanol–water partition coefficient (Wildman–Crippen LogP) is 5.81. The van der Waals surface area contributed by atoms with Crippen molar-refractivity contribution in [3.63, 3.8) is 0 Å². The molecule has 8 aliphatic rings. The molecule has 0 N–H and O–H groups in total. The molecular formula is C23H38O6P2. The Morgan fingerprint density at radius 3 is 0.968 bits per heavy atom. The van der Waals surface area contributed by atoms with Crippen molar-refractivity contribution >= 4 is 15.8 Å². The van der Waals surface area contributed by atoms with Gasteiger partial charge in [-0.15, -0.1) is 0 Å². The zero-order valence-corrected chi connectivity index (χ0v) is 22.1. The second-order valence-electron chi connectivity index (χ2n) is 12.2. The Hall–Kier alpha value is 0.620. The Morgan fingerprint density at radius 2 is 0.710 bits per heavy atom. The van der Waals surface area contributed by atoms with Crippen LogP contribution in [0.3, 0.4) is 0 Å². The summed E-state index contributed by atoms with van der Waals surface area (Å²) in [4.78, 5) is 0. The fraction of sp³-hybridized carbons (Fsp3) is 1.00. The van der Waals surface area contributed by atoms with Gasteiger partial charge in [0, 0.05) is 25.7 Å². The predicted molar refractivity (Wildman–Crippen MR) is 120 cm³/mol. The van der Waals surface area contributed by atoms with E-state index in [9.17, 15) is 0 Å². The van der Waals surface area contributed by atoms with E-state index in [0.717, 1.165) is 44.4 Å². The average molecular weight is 472 g/mol. The fourth-order valence-corrected chi connectivity index (χ4v) is 16.8. The quantitative estimate of drug-likeness (QED) is 0.481. The van der Waals surface area contributed by atoms with Gasteiger partial charge in [0.2, 0.25) is 0 Å². The summed E-state index contributed by atoms with van der Waals surface area (Å²) in [6.45, 7) is 17.6. The Balaban J connectivity index is 1.20. The molecule has 0 aromatic heterocycles. The van der Waals surface area contributed by atoms with E-state index in [-0.39, 0.29) is 21.4 Å². The van der Waals surface area contributed by atoms with Crippen LogP contribution in [0.2, 0.25) is 0 Å². The van der Waals surface area contributed by atoms with Gasteiger partial charge in [0.15, 0.2) is 23.1 Å². The van der Waals surface area contributed by atoms with Crippen LogP contribution >= 0.6 is 15.8 Å². The molecule has 8 fully saturated rings. The summed E-state index contributed by atoms with van der Waals surface area (Å²) in [7, 11) is -0.898. The molecule has 8 aliphatic heterocycles. The molecule has 8 heterocycles. The number of hydrogen-bond acceptors (Lipinski definition) is 6. The molecule has 0 aliphatic carbocycles. The Kier molecular flexibility index (Phi) is 4.19. The molecule has 6 nitrogen and oxygen atoms in total. The normalized spacial score (nSPS) is 66.2. The second kappa shape index (κ2) is 5.88. The lowest BCUT2D eigenvalue weighted by Crippen LogP contribution is -2.72. The van der Waals surface area contributed by atoms with E-state index in [4.69, 9.17) is 28.4 Å². The molecule has 8 bridgehead atoms. The van der Waals surface area contributed by atoms with Crippen molar-refractivity contribution in [2.24, 2.45) is 0 Å². The van der Waals surface area contributed by atoms with Gasteiger partial charge in [-0.05, 0) is 90.0 Å². The molecule has 0 saturated carbocycles. The smallest absolute Gasteiger partial charge is 0.173 e. The summed E-state index contributed by atoms with van der Waals surface area (Å²) in [5, 5.41) is -0.574. The van der Waals surface area contributed by atoms with Crippen molar-refractivity contribution in [3.8, 4) is 0 Å². The molecule has 8 saturated heterocycles. The fourth-order valence-electron chi connectivity index (χ4n) is 8.61. The van der Waals surface area contributed by atoms with Gasteiger partial charge in [-0.1, -0.05) is 0 Å². The molecule has 31 heavy (non-hydrogen) atoms. The summed E-state index contributed by atoms with van der Waals surface area (Å²) < 4.78 is 38.9. The van der Waals surface area contributed by atoms with Crippen LogP contribution in [0.5, 0.6) is 0 Å². The van der Waals surface area contributed by atoms with E-state index < -0.39 is 39.0 Å². The van der Waals surface area contributed by atoms with Crippen LogP contribution in [0.1, 0.15) is 87.5 Å².